The molecule has 0 fully saturated rings. The Bertz CT molecular complexity index is 348. The van der Waals surface area contributed by atoms with Crippen LogP contribution in [0.2, 0.25) is 0 Å². The van der Waals surface area contributed by atoms with Crippen molar-refractivity contribution in [1.29, 1.82) is 0 Å². The Labute approximate surface area is 215 Å². The highest BCUT2D eigenvalue weighted by Gasteiger charge is 2.07. The van der Waals surface area contributed by atoms with Gasteiger partial charge in [0.15, 0.2) is 0 Å². The Hall–Kier alpha value is -0.120. The molecule has 0 rings (SSSR count). The molecule has 0 spiro atoms. The summed E-state index contributed by atoms with van der Waals surface area (Å²) >= 11 is 0. The zero-order valence-electron chi connectivity index (χ0n) is 23.6. The van der Waals surface area contributed by atoms with E-state index in [4.69, 9.17) is 9.47 Å². The van der Waals surface area contributed by atoms with Crippen LogP contribution >= 0.6 is 0 Å². The predicted molar refractivity (Wildman–Crippen MR) is 150 cm³/mol. The Kier molecular flexibility index (Phi) is 30.8. The van der Waals surface area contributed by atoms with Crippen molar-refractivity contribution in [3.63, 3.8) is 0 Å². The summed E-state index contributed by atoms with van der Waals surface area (Å²) in [6.07, 6.45) is 32.5. The summed E-state index contributed by atoms with van der Waals surface area (Å²) in [6, 6.07) is 0. The van der Waals surface area contributed by atoms with E-state index in [2.05, 4.69) is 13.8 Å². The van der Waals surface area contributed by atoms with Crippen LogP contribution in [0.3, 0.4) is 0 Å². The average Bonchev–Trinajstić information content (AvgIpc) is 2.85. The molecule has 0 aromatic heterocycles. The summed E-state index contributed by atoms with van der Waals surface area (Å²) in [7, 11) is 0. The standard InChI is InChI=1S/C31H64O3/c1-3-5-7-9-11-13-15-17-19-21-23-25-27-33-30-31(29-32)34-28-26-24-22-20-18-16-14-12-10-8-6-4-2/h31-32H,3-30H2,1-2H3/t31-/m1/s1. The van der Waals surface area contributed by atoms with Gasteiger partial charge in [-0.1, -0.05) is 155 Å². The molecule has 0 aliphatic carbocycles. The van der Waals surface area contributed by atoms with Crippen LogP contribution in [-0.2, 0) is 9.47 Å². The number of ether oxygens (including phenoxy) is 2. The molecule has 0 aromatic rings. The molecule has 0 aromatic carbocycles. The number of aliphatic hydroxyl groups is 1. The molecule has 0 heterocycles. The molecule has 0 radical (unpaired) electrons. The molecule has 0 unspecified atom stereocenters. The molecule has 0 amide bonds. The first-order valence-corrected chi connectivity index (χ1v) is 15.6. The lowest BCUT2D eigenvalue weighted by atomic mass is 10.1. The van der Waals surface area contributed by atoms with Crippen LogP contribution in [0.25, 0.3) is 0 Å². The summed E-state index contributed by atoms with van der Waals surface area (Å²) < 4.78 is 11.6. The van der Waals surface area contributed by atoms with Crippen LogP contribution in [0.1, 0.15) is 168 Å². The fraction of sp³-hybridized carbons (Fsp3) is 1.00. The molecule has 206 valence electrons. The van der Waals surface area contributed by atoms with Gasteiger partial charge < -0.3 is 14.6 Å². The second-order valence-corrected chi connectivity index (χ2v) is 10.5. The van der Waals surface area contributed by atoms with Crippen LogP contribution in [0.4, 0.5) is 0 Å². The Morgan fingerprint density at radius 2 is 0.765 bits per heavy atom. The predicted octanol–water partition coefficient (Wildman–Crippen LogP) is 9.78. The van der Waals surface area contributed by atoms with Gasteiger partial charge in [-0.2, -0.15) is 0 Å². The first-order chi connectivity index (χ1) is 16.8. The van der Waals surface area contributed by atoms with Crippen molar-refractivity contribution in [3.05, 3.63) is 0 Å². The van der Waals surface area contributed by atoms with Crippen molar-refractivity contribution in [1.82, 2.24) is 0 Å². The third-order valence-corrected chi connectivity index (χ3v) is 7.00. The van der Waals surface area contributed by atoms with Gasteiger partial charge in [0.05, 0.1) is 13.2 Å². The highest BCUT2D eigenvalue weighted by molar-refractivity contribution is 4.55. The summed E-state index contributed by atoms with van der Waals surface area (Å²) in [5, 5.41) is 9.52. The Morgan fingerprint density at radius 1 is 0.441 bits per heavy atom. The summed E-state index contributed by atoms with van der Waals surface area (Å²) in [5.41, 5.74) is 0. The Morgan fingerprint density at radius 3 is 1.12 bits per heavy atom. The summed E-state index contributed by atoms with van der Waals surface area (Å²) in [6.45, 7) is 6.72. The monoisotopic (exact) mass is 484 g/mol. The van der Waals surface area contributed by atoms with Crippen molar-refractivity contribution >= 4 is 0 Å². The number of hydrogen-bond donors (Lipinski definition) is 1. The third kappa shape index (κ3) is 28.1. The number of aliphatic hydroxyl groups excluding tert-OH is 1. The quantitative estimate of drug-likeness (QED) is 0.103. The van der Waals surface area contributed by atoms with Gasteiger partial charge in [0.2, 0.25) is 0 Å². The Balaban J connectivity index is 3.26. The zero-order valence-corrected chi connectivity index (χ0v) is 23.6. The molecule has 0 aliphatic rings. The molecule has 1 atom stereocenters. The lowest BCUT2D eigenvalue weighted by molar-refractivity contribution is -0.0437. The highest BCUT2D eigenvalue weighted by Crippen LogP contribution is 2.13. The van der Waals surface area contributed by atoms with Gasteiger partial charge in [-0.25, -0.2) is 0 Å². The van der Waals surface area contributed by atoms with E-state index < -0.39 is 0 Å². The average molecular weight is 485 g/mol. The van der Waals surface area contributed by atoms with Crippen molar-refractivity contribution in [3.8, 4) is 0 Å². The topological polar surface area (TPSA) is 38.7 Å². The van der Waals surface area contributed by atoms with Crippen molar-refractivity contribution in [2.45, 2.75) is 174 Å². The van der Waals surface area contributed by atoms with Crippen molar-refractivity contribution in [2.24, 2.45) is 0 Å². The molecule has 3 heteroatoms. The second kappa shape index (κ2) is 30.9. The lowest BCUT2D eigenvalue weighted by Gasteiger charge is -2.15. The second-order valence-electron chi connectivity index (χ2n) is 10.5. The van der Waals surface area contributed by atoms with E-state index >= 15 is 0 Å². The first kappa shape index (κ1) is 33.9. The van der Waals surface area contributed by atoms with Crippen LogP contribution in [-0.4, -0.2) is 37.6 Å². The highest BCUT2D eigenvalue weighted by atomic mass is 16.5. The van der Waals surface area contributed by atoms with Crippen LogP contribution in [0.15, 0.2) is 0 Å². The third-order valence-electron chi connectivity index (χ3n) is 7.00. The summed E-state index contributed by atoms with van der Waals surface area (Å²) in [5.74, 6) is 0. The number of hydrogen-bond acceptors (Lipinski definition) is 3. The van der Waals surface area contributed by atoms with Crippen molar-refractivity contribution < 1.29 is 14.6 Å². The van der Waals surface area contributed by atoms with E-state index in [1.54, 1.807) is 0 Å². The molecule has 0 saturated carbocycles. The maximum Gasteiger partial charge on any atom is 0.104 e. The maximum absolute atomic E-state index is 9.52. The first-order valence-electron chi connectivity index (χ1n) is 15.6. The van der Waals surface area contributed by atoms with Gasteiger partial charge in [-0.05, 0) is 12.8 Å². The molecule has 34 heavy (non-hydrogen) atoms. The molecule has 1 N–H and O–H groups in total. The van der Waals surface area contributed by atoms with E-state index in [1.807, 2.05) is 0 Å². The van der Waals surface area contributed by atoms with Gasteiger partial charge in [0, 0.05) is 13.2 Å². The van der Waals surface area contributed by atoms with E-state index in [0.29, 0.717) is 6.61 Å². The fourth-order valence-corrected chi connectivity index (χ4v) is 4.61. The van der Waals surface area contributed by atoms with E-state index in [1.165, 1.54) is 141 Å². The van der Waals surface area contributed by atoms with Crippen LogP contribution in [0.5, 0.6) is 0 Å². The maximum atomic E-state index is 9.52. The zero-order chi connectivity index (χ0) is 24.8. The van der Waals surface area contributed by atoms with Gasteiger partial charge >= 0.3 is 0 Å². The van der Waals surface area contributed by atoms with Gasteiger partial charge in [0.1, 0.15) is 6.10 Å². The molecular formula is C31H64O3. The van der Waals surface area contributed by atoms with Gasteiger partial charge in [0.25, 0.3) is 0 Å². The number of rotatable bonds is 30. The minimum absolute atomic E-state index is 0.0662. The molecule has 0 aliphatic heterocycles. The number of unbranched alkanes of at least 4 members (excludes halogenated alkanes) is 22. The lowest BCUT2D eigenvalue weighted by Crippen LogP contribution is -2.24. The van der Waals surface area contributed by atoms with Crippen molar-refractivity contribution in [2.75, 3.05) is 26.4 Å². The minimum Gasteiger partial charge on any atom is -0.394 e. The molecule has 3 nitrogen and oxygen atoms in total. The molecule has 0 bridgehead atoms. The fourth-order valence-electron chi connectivity index (χ4n) is 4.61. The molecular weight excluding hydrogens is 420 g/mol. The van der Waals surface area contributed by atoms with E-state index in [0.717, 1.165) is 26.1 Å². The minimum atomic E-state index is -0.148. The molecule has 0 saturated heterocycles. The van der Waals surface area contributed by atoms with Gasteiger partial charge in [-0.15, -0.1) is 0 Å². The normalized spacial score (nSPS) is 12.4. The van der Waals surface area contributed by atoms with E-state index in [9.17, 15) is 5.11 Å². The van der Waals surface area contributed by atoms with Crippen LogP contribution < -0.4 is 0 Å². The summed E-state index contributed by atoms with van der Waals surface area (Å²) in [4.78, 5) is 0. The van der Waals surface area contributed by atoms with Crippen LogP contribution in [0, 0.1) is 0 Å². The SMILES string of the molecule is CCCCCCCCCCCCCCOC[C@@H](CO)OCCCCCCCCCCCCCC. The smallest absolute Gasteiger partial charge is 0.104 e. The van der Waals surface area contributed by atoms with E-state index in [-0.39, 0.29) is 12.7 Å². The van der Waals surface area contributed by atoms with Gasteiger partial charge in [-0.3, -0.25) is 0 Å². The largest absolute Gasteiger partial charge is 0.394 e.